The molecule has 1 saturated heterocycles. The highest BCUT2D eigenvalue weighted by Gasteiger charge is 2.50. The van der Waals surface area contributed by atoms with Gasteiger partial charge in [0.2, 0.25) is 0 Å². The summed E-state index contributed by atoms with van der Waals surface area (Å²) in [6.07, 6.45) is 4.97. The van der Waals surface area contributed by atoms with Gasteiger partial charge in [-0.3, -0.25) is 0 Å². The highest BCUT2D eigenvalue weighted by Crippen LogP contribution is 2.35. The zero-order valence-electron chi connectivity index (χ0n) is 10.8. The number of carbonyl (C=O) groups excluding carboxylic acids is 1. The first-order valence-electron chi connectivity index (χ1n) is 6.71. The molecule has 0 radical (unpaired) electrons. The molecule has 1 unspecified atom stereocenters. The van der Waals surface area contributed by atoms with Gasteiger partial charge in [0.15, 0.2) is 0 Å². The van der Waals surface area contributed by atoms with Gasteiger partial charge in [-0.25, -0.2) is 4.79 Å². The Morgan fingerprint density at radius 1 is 1.33 bits per heavy atom. The van der Waals surface area contributed by atoms with Gasteiger partial charge < -0.3 is 10.1 Å². The molecule has 1 aliphatic heterocycles. The third kappa shape index (κ3) is 3.19. The lowest BCUT2D eigenvalue weighted by atomic mass is 9.76. The van der Waals surface area contributed by atoms with Crippen molar-refractivity contribution in [3.63, 3.8) is 0 Å². The van der Waals surface area contributed by atoms with Gasteiger partial charge in [0.1, 0.15) is 6.10 Å². The zero-order chi connectivity index (χ0) is 13.2. The first-order valence-corrected chi connectivity index (χ1v) is 6.71. The van der Waals surface area contributed by atoms with Gasteiger partial charge in [-0.15, -0.1) is 0 Å². The Kier molecular flexibility index (Phi) is 3.90. The summed E-state index contributed by atoms with van der Waals surface area (Å²) in [5.41, 5.74) is 0.267. The molecule has 0 spiro atoms. The second kappa shape index (κ2) is 5.11. The minimum Gasteiger partial charge on any atom is -0.456 e. The number of cyclic esters (lactones) is 1. The van der Waals surface area contributed by atoms with Crippen LogP contribution in [0.3, 0.4) is 0 Å². The van der Waals surface area contributed by atoms with E-state index < -0.39 is 24.4 Å². The number of nitrogens with one attached hydrogen (secondary N) is 1. The van der Waals surface area contributed by atoms with E-state index in [4.69, 9.17) is 0 Å². The second-order valence-corrected chi connectivity index (χ2v) is 5.94. The lowest BCUT2D eigenvalue weighted by Gasteiger charge is -2.34. The summed E-state index contributed by atoms with van der Waals surface area (Å²) in [7, 11) is 0. The maximum atomic E-state index is 12.9. The lowest BCUT2D eigenvalue weighted by Crippen LogP contribution is -2.37. The molecule has 3 nitrogen and oxygen atoms in total. The summed E-state index contributed by atoms with van der Waals surface area (Å²) in [5.74, 6) is -4.67. The number of hydrogen-bond acceptors (Lipinski definition) is 3. The molecule has 1 aliphatic carbocycles. The van der Waals surface area contributed by atoms with Crippen LogP contribution in [0.25, 0.3) is 0 Å². The number of ether oxygens (including phenoxy) is 1. The Hall–Kier alpha value is -0.710. The molecule has 1 atom stereocenters. The van der Waals surface area contributed by atoms with Crippen LogP contribution in [0.4, 0.5) is 8.78 Å². The van der Waals surface area contributed by atoms with Crippen molar-refractivity contribution in [2.45, 2.75) is 57.5 Å². The molecule has 0 aromatic carbocycles. The molecular formula is C13H21F2NO2. The van der Waals surface area contributed by atoms with E-state index in [1.807, 2.05) is 0 Å². The highest BCUT2D eigenvalue weighted by molar-refractivity contribution is 5.79. The average molecular weight is 261 g/mol. The Balaban J connectivity index is 1.71. The summed E-state index contributed by atoms with van der Waals surface area (Å²) in [5, 5.41) is 3.19. The van der Waals surface area contributed by atoms with Gasteiger partial charge in [0, 0.05) is 13.1 Å². The van der Waals surface area contributed by atoms with Gasteiger partial charge in [0.25, 0.3) is 0 Å². The van der Waals surface area contributed by atoms with E-state index in [1.54, 1.807) is 0 Å². The average Bonchev–Trinajstić information content (AvgIpc) is 2.53. The van der Waals surface area contributed by atoms with Gasteiger partial charge >= 0.3 is 11.9 Å². The molecule has 5 heteroatoms. The summed E-state index contributed by atoms with van der Waals surface area (Å²) in [6.45, 7) is 3.37. The van der Waals surface area contributed by atoms with Crippen molar-refractivity contribution in [2.24, 2.45) is 5.41 Å². The Bertz CT molecular complexity index is 314. The van der Waals surface area contributed by atoms with E-state index in [0.717, 1.165) is 6.54 Å². The lowest BCUT2D eigenvalue weighted by molar-refractivity contribution is -0.159. The maximum absolute atomic E-state index is 12.9. The summed E-state index contributed by atoms with van der Waals surface area (Å²) >= 11 is 0. The minimum atomic E-state index is -3.29. The monoisotopic (exact) mass is 261 g/mol. The largest absolute Gasteiger partial charge is 0.456 e. The molecule has 0 bridgehead atoms. The predicted octanol–water partition coefficient (Wildman–Crippen LogP) is 2.50. The van der Waals surface area contributed by atoms with E-state index in [1.165, 1.54) is 32.1 Å². The first kappa shape index (κ1) is 13.7. The van der Waals surface area contributed by atoms with Crippen LogP contribution in [0.2, 0.25) is 0 Å². The molecule has 1 N–H and O–H groups in total. The molecule has 18 heavy (non-hydrogen) atoms. The SMILES string of the molecule is CC1(CNCC2CC(F)(F)C(=O)O2)CCCCC1. The molecule has 1 heterocycles. The minimum absolute atomic E-state index is 0.267. The van der Waals surface area contributed by atoms with Crippen molar-refractivity contribution < 1.29 is 18.3 Å². The molecule has 0 aromatic heterocycles. The Morgan fingerprint density at radius 3 is 2.56 bits per heavy atom. The molecule has 0 amide bonds. The van der Waals surface area contributed by atoms with Gasteiger partial charge in [-0.05, 0) is 18.3 Å². The highest BCUT2D eigenvalue weighted by atomic mass is 19.3. The van der Waals surface area contributed by atoms with Crippen molar-refractivity contribution in [3.05, 3.63) is 0 Å². The molecule has 104 valence electrons. The first-order chi connectivity index (χ1) is 8.41. The maximum Gasteiger partial charge on any atom is 0.377 e. The third-order valence-electron chi connectivity index (χ3n) is 4.04. The summed E-state index contributed by atoms with van der Waals surface area (Å²) in [4.78, 5) is 10.8. The summed E-state index contributed by atoms with van der Waals surface area (Å²) < 4.78 is 30.5. The molecule has 2 aliphatic rings. The van der Waals surface area contributed by atoms with Crippen molar-refractivity contribution in [1.29, 1.82) is 0 Å². The van der Waals surface area contributed by atoms with E-state index in [-0.39, 0.29) is 5.41 Å². The van der Waals surface area contributed by atoms with Crippen molar-refractivity contribution in [2.75, 3.05) is 13.1 Å². The third-order valence-corrected chi connectivity index (χ3v) is 4.04. The van der Waals surface area contributed by atoms with Crippen molar-refractivity contribution in [3.8, 4) is 0 Å². The fourth-order valence-corrected chi connectivity index (χ4v) is 2.88. The molecule has 0 aromatic rings. The van der Waals surface area contributed by atoms with E-state index in [0.29, 0.717) is 6.54 Å². The number of carbonyl (C=O) groups is 1. The van der Waals surface area contributed by atoms with Crippen LogP contribution in [0, 0.1) is 5.41 Å². The number of halogens is 2. The van der Waals surface area contributed by atoms with Crippen LogP contribution >= 0.6 is 0 Å². The number of hydrogen-bond donors (Lipinski definition) is 1. The van der Waals surface area contributed by atoms with Crippen molar-refractivity contribution in [1.82, 2.24) is 5.32 Å². The standard InChI is InChI=1S/C13H21F2NO2/c1-12(5-3-2-4-6-12)9-16-8-10-7-13(14,15)11(17)18-10/h10,16H,2-9H2,1H3. The molecular weight excluding hydrogens is 240 g/mol. The van der Waals surface area contributed by atoms with Crippen LogP contribution in [-0.4, -0.2) is 31.1 Å². The molecule has 2 rings (SSSR count). The van der Waals surface area contributed by atoms with Gasteiger partial charge in [0.05, 0.1) is 6.42 Å². The van der Waals surface area contributed by atoms with Crippen molar-refractivity contribution >= 4 is 5.97 Å². The smallest absolute Gasteiger partial charge is 0.377 e. The second-order valence-electron chi connectivity index (χ2n) is 5.94. The number of esters is 1. The van der Waals surface area contributed by atoms with E-state index in [2.05, 4.69) is 17.0 Å². The van der Waals surface area contributed by atoms with Crippen LogP contribution in [0.5, 0.6) is 0 Å². The van der Waals surface area contributed by atoms with Crippen LogP contribution in [0.1, 0.15) is 45.4 Å². The Labute approximate surface area is 106 Å². The normalized spacial score (nSPS) is 30.2. The number of rotatable bonds is 4. The van der Waals surface area contributed by atoms with E-state index in [9.17, 15) is 13.6 Å². The molecule has 1 saturated carbocycles. The molecule has 2 fully saturated rings. The Morgan fingerprint density at radius 2 is 2.00 bits per heavy atom. The summed E-state index contributed by atoms with van der Waals surface area (Å²) in [6, 6.07) is 0. The quantitative estimate of drug-likeness (QED) is 0.790. The van der Waals surface area contributed by atoms with Crippen LogP contribution in [0.15, 0.2) is 0 Å². The predicted molar refractivity (Wildman–Crippen MR) is 63.5 cm³/mol. The van der Waals surface area contributed by atoms with E-state index >= 15 is 0 Å². The van der Waals surface area contributed by atoms with Crippen LogP contribution in [-0.2, 0) is 9.53 Å². The fraction of sp³-hybridized carbons (Fsp3) is 0.923. The zero-order valence-corrected chi connectivity index (χ0v) is 10.8. The van der Waals surface area contributed by atoms with Gasteiger partial charge in [-0.2, -0.15) is 8.78 Å². The fourth-order valence-electron chi connectivity index (χ4n) is 2.88. The van der Waals surface area contributed by atoms with Crippen LogP contribution < -0.4 is 5.32 Å². The topological polar surface area (TPSA) is 38.3 Å². The van der Waals surface area contributed by atoms with Gasteiger partial charge in [-0.1, -0.05) is 26.2 Å². The number of alkyl halides is 2.